The molecule has 0 aliphatic carbocycles. The van der Waals surface area contributed by atoms with E-state index in [1.54, 1.807) is 11.0 Å². The Morgan fingerprint density at radius 3 is 2.45 bits per heavy atom. The first-order valence-electron chi connectivity index (χ1n) is 10.5. The van der Waals surface area contributed by atoms with Gasteiger partial charge in [0, 0.05) is 23.7 Å². The summed E-state index contributed by atoms with van der Waals surface area (Å²) in [6.07, 6.45) is 1.54. The summed E-state index contributed by atoms with van der Waals surface area (Å²) in [6.45, 7) is 1.63. The van der Waals surface area contributed by atoms with Crippen molar-refractivity contribution in [3.63, 3.8) is 0 Å². The monoisotopic (exact) mass is 479 g/mol. The summed E-state index contributed by atoms with van der Waals surface area (Å²) in [5.74, 6) is 0.745. The van der Waals surface area contributed by atoms with Crippen molar-refractivity contribution >= 4 is 46.0 Å². The third-order valence-electron chi connectivity index (χ3n) is 6.47. The Labute approximate surface area is 199 Å². The number of fused-ring (bicyclic) bond motifs is 1. The lowest BCUT2D eigenvalue weighted by atomic mass is 9.88. The van der Waals surface area contributed by atoms with Gasteiger partial charge in [-0.05, 0) is 31.3 Å². The van der Waals surface area contributed by atoms with Gasteiger partial charge in [-0.1, -0.05) is 47.5 Å². The molecule has 0 saturated carbocycles. The first-order chi connectivity index (χ1) is 16.0. The summed E-state index contributed by atoms with van der Waals surface area (Å²) >= 11 is 12.7. The second-order valence-corrected chi connectivity index (χ2v) is 9.21. The first-order valence-corrected chi connectivity index (χ1v) is 11.2. The third kappa shape index (κ3) is 3.02. The number of hydrogen-bond donors (Lipinski definition) is 1. The molecule has 0 unspecified atom stereocenters. The molecule has 8 nitrogen and oxygen atoms in total. The van der Waals surface area contributed by atoms with Crippen LogP contribution in [-0.2, 0) is 4.79 Å². The van der Waals surface area contributed by atoms with Crippen LogP contribution in [0.2, 0.25) is 10.0 Å². The number of carbonyl (C=O) groups is 1. The lowest BCUT2D eigenvalue weighted by Gasteiger charge is -2.49. The topological polar surface area (TPSA) is 79.2 Å². The van der Waals surface area contributed by atoms with Crippen molar-refractivity contribution in [3.8, 4) is 16.9 Å². The van der Waals surface area contributed by atoms with E-state index in [2.05, 4.69) is 20.2 Å². The number of benzene rings is 2. The summed E-state index contributed by atoms with van der Waals surface area (Å²) in [6, 6.07) is 15.1. The van der Waals surface area contributed by atoms with Crippen LogP contribution in [0.15, 0.2) is 54.9 Å². The maximum atomic E-state index is 12.5. The molecule has 1 spiro atoms. The van der Waals surface area contributed by atoms with Gasteiger partial charge >= 0.3 is 0 Å². The van der Waals surface area contributed by atoms with Crippen molar-refractivity contribution in [1.82, 2.24) is 30.0 Å². The number of carbonyl (C=O) groups excluding carboxylic acids is 1. The Balaban J connectivity index is 1.52. The number of halogens is 2. The normalized spacial score (nSPS) is 17.5. The second kappa shape index (κ2) is 7.41. The van der Waals surface area contributed by atoms with Crippen molar-refractivity contribution < 1.29 is 4.79 Å². The lowest BCUT2D eigenvalue weighted by Crippen LogP contribution is -2.71. The number of nitrogens with one attached hydrogen (secondary N) is 1. The number of nitrogens with zero attached hydrogens (tertiary/aromatic N) is 6. The zero-order valence-electron chi connectivity index (χ0n) is 17.7. The van der Waals surface area contributed by atoms with Gasteiger partial charge < -0.3 is 10.2 Å². The van der Waals surface area contributed by atoms with E-state index in [9.17, 15) is 4.79 Å². The van der Waals surface area contributed by atoms with Crippen LogP contribution in [0.1, 0.15) is 0 Å². The number of rotatable bonds is 3. The van der Waals surface area contributed by atoms with Gasteiger partial charge in [-0.15, -0.1) is 0 Å². The van der Waals surface area contributed by atoms with E-state index in [4.69, 9.17) is 28.3 Å². The largest absolute Gasteiger partial charge is 0.350 e. The van der Waals surface area contributed by atoms with Gasteiger partial charge in [-0.25, -0.2) is 14.6 Å². The van der Waals surface area contributed by atoms with Crippen LogP contribution in [0.25, 0.3) is 28.0 Å². The number of para-hydroxylation sites is 1. The predicted molar refractivity (Wildman–Crippen MR) is 128 cm³/mol. The van der Waals surface area contributed by atoms with Crippen molar-refractivity contribution in [1.29, 1.82) is 0 Å². The van der Waals surface area contributed by atoms with E-state index in [1.165, 1.54) is 0 Å². The van der Waals surface area contributed by atoms with E-state index in [-0.39, 0.29) is 5.91 Å². The minimum absolute atomic E-state index is 0.0509. The van der Waals surface area contributed by atoms with Crippen LogP contribution in [0, 0.1) is 0 Å². The quantitative estimate of drug-likeness (QED) is 0.485. The van der Waals surface area contributed by atoms with E-state index >= 15 is 0 Å². The van der Waals surface area contributed by atoms with Crippen LogP contribution < -0.4 is 10.2 Å². The molecule has 1 N–H and O–H groups in total. The molecule has 10 heteroatoms. The fourth-order valence-electron chi connectivity index (χ4n) is 4.58. The standard InChI is InChI=1S/C23H19Cl2N7O/c1-30-13-28-22(33)23(30)10-31(11-23)21-19-18(26-12-27-21)20(14-6-8-15(24)9-7-14)32(29-19)17-5-3-2-4-16(17)25/h2-9,12H,10-11,13H2,1H3,(H,28,33). The zero-order chi connectivity index (χ0) is 22.7. The maximum Gasteiger partial charge on any atom is 0.245 e. The Morgan fingerprint density at radius 2 is 1.76 bits per heavy atom. The number of hydrogen-bond acceptors (Lipinski definition) is 6. The summed E-state index contributed by atoms with van der Waals surface area (Å²) in [7, 11) is 1.95. The fourth-order valence-corrected chi connectivity index (χ4v) is 4.92. The van der Waals surface area contributed by atoms with Crippen LogP contribution in [0.3, 0.4) is 0 Å². The first kappa shape index (κ1) is 20.4. The van der Waals surface area contributed by atoms with Gasteiger partial charge in [0.25, 0.3) is 0 Å². The molecule has 0 radical (unpaired) electrons. The van der Waals surface area contributed by atoms with Gasteiger partial charge in [0.15, 0.2) is 11.3 Å². The highest BCUT2D eigenvalue weighted by Crippen LogP contribution is 2.39. The zero-order valence-corrected chi connectivity index (χ0v) is 19.2. The Kier molecular flexibility index (Phi) is 4.58. The lowest BCUT2D eigenvalue weighted by molar-refractivity contribution is -0.127. The molecule has 2 aromatic carbocycles. The molecule has 2 aromatic heterocycles. The molecule has 2 aliphatic rings. The molecule has 6 rings (SSSR count). The van der Waals surface area contributed by atoms with Crippen molar-refractivity contribution in [2.24, 2.45) is 0 Å². The Morgan fingerprint density at radius 1 is 1.00 bits per heavy atom. The average Bonchev–Trinajstić information content (AvgIpc) is 3.31. The summed E-state index contributed by atoms with van der Waals surface area (Å²) in [4.78, 5) is 25.7. The van der Waals surface area contributed by atoms with Gasteiger partial charge in [-0.2, -0.15) is 5.10 Å². The highest BCUT2D eigenvalue weighted by atomic mass is 35.5. The summed E-state index contributed by atoms with van der Waals surface area (Å²) < 4.78 is 1.80. The van der Waals surface area contributed by atoms with Crippen LogP contribution >= 0.6 is 23.2 Å². The van der Waals surface area contributed by atoms with E-state index in [0.717, 1.165) is 16.9 Å². The van der Waals surface area contributed by atoms with Crippen LogP contribution in [-0.4, -0.2) is 62.9 Å². The molecule has 4 aromatic rings. The molecule has 4 heterocycles. The number of amides is 1. The fraction of sp³-hybridized carbons (Fsp3) is 0.217. The molecular formula is C23H19Cl2N7O. The predicted octanol–water partition coefficient (Wildman–Crippen LogP) is 3.37. The van der Waals surface area contributed by atoms with Gasteiger partial charge in [-0.3, -0.25) is 9.69 Å². The summed E-state index contributed by atoms with van der Waals surface area (Å²) in [5.41, 5.74) is 3.27. The van der Waals surface area contributed by atoms with E-state index in [1.807, 2.05) is 60.5 Å². The molecule has 2 fully saturated rings. The number of anilines is 1. The number of aromatic nitrogens is 4. The molecule has 166 valence electrons. The molecule has 33 heavy (non-hydrogen) atoms. The van der Waals surface area contributed by atoms with Crippen LogP contribution in [0.4, 0.5) is 5.82 Å². The minimum Gasteiger partial charge on any atom is -0.350 e. The minimum atomic E-state index is -0.526. The van der Waals surface area contributed by atoms with Crippen molar-refractivity contribution in [3.05, 3.63) is 64.9 Å². The molecule has 0 atom stereocenters. The van der Waals surface area contributed by atoms with Gasteiger partial charge in [0.1, 0.15) is 23.1 Å². The van der Waals surface area contributed by atoms with Gasteiger partial charge in [0.2, 0.25) is 5.91 Å². The molecule has 1 amide bonds. The highest BCUT2D eigenvalue weighted by Gasteiger charge is 2.56. The summed E-state index contributed by atoms with van der Waals surface area (Å²) in [5, 5.41) is 9.05. The van der Waals surface area contributed by atoms with E-state index in [0.29, 0.717) is 46.7 Å². The molecule has 2 aliphatic heterocycles. The highest BCUT2D eigenvalue weighted by molar-refractivity contribution is 6.32. The number of likely N-dealkylation sites (N-methyl/N-ethyl adjacent to an activating group) is 1. The maximum absolute atomic E-state index is 12.5. The molecule has 2 saturated heterocycles. The second-order valence-electron chi connectivity index (χ2n) is 8.36. The van der Waals surface area contributed by atoms with Crippen molar-refractivity contribution in [2.45, 2.75) is 5.54 Å². The van der Waals surface area contributed by atoms with Crippen LogP contribution in [0.5, 0.6) is 0 Å². The van der Waals surface area contributed by atoms with Crippen molar-refractivity contribution in [2.75, 3.05) is 31.7 Å². The molecule has 0 bridgehead atoms. The SMILES string of the molecule is CN1CNC(=O)C12CN(c1ncnc3c(-c4ccc(Cl)cc4)n(-c4ccccc4Cl)nc13)C2. The Hall–Kier alpha value is -3.20. The molecular weight excluding hydrogens is 461 g/mol. The smallest absolute Gasteiger partial charge is 0.245 e. The average molecular weight is 480 g/mol. The third-order valence-corrected chi connectivity index (χ3v) is 7.04. The van der Waals surface area contributed by atoms with Gasteiger partial charge in [0.05, 0.1) is 17.4 Å². The van der Waals surface area contributed by atoms with E-state index < -0.39 is 5.54 Å². The Bertz CT molecular complexity index is 1400.